The summed E-state index contributed by atoms with van der Waals surface area (Å²) in [5.41, 5.74) is -0.619. The van der Waals surface area contributed by atoms with Gasteiger partial charge in [-0.1, -0.05) is 0 Å². The van der Waals surface area contributed by atoms with E-state index < -0.39 is 5.60 Å². The Kier molecular flexibility index (Phi) is 4.16. The van der Waals surface area contributed by atoms with Gasteiger partial charge < -0.3 is 14.9 Å². The van der Waals surface area contributed by atoms with Crippen LogP contribution in [0.3, 0.4) is 0 Å². The molecule has 0 aromatic carbocycles. The van der Waals surface area contributed by atoms with Crippen LogP contribution in [-0.2, 0) is 4.74 Å². The maximum Gasteiger partial charge on any atom is 0.0650 e. The van der Waals surface area contributed by atoms with E-state index in [1.165, 1.54) is 0 Å². The Bertz CT molecular complexity index is 139. The molecule has 0 saturated carbocycles. The standard InChI is InChI=1S/C10H20O3/c1-10(12,5-2-6-11)9-3-7-13-8-4-9/h9,11-12H,2-8H2,1H3. The molecule has 1 aliphatic rings. The molecule has 0 radical (unpaired) electrons. The fourth-order valence-corrected chi connectivity index (χ4v) is 1.96. The Labute approximate surface area is 79.7 Å². The highest BCUT2D eigenvalue weighted by atomic mass is 16.5. The molecule has 1 saturated heterocycles. The number of hydrogen-bond acceptors (Lipinski definition) is 3. The van der Waals surface area contributed by atoms with Crippen LogP contribution < -0.4 is 0 Å². The van der Waals surface area contributed by atoms with Gasteiger partial charge in [0.15, 0.2) is 0 Å². The summed E-state index contributed by atoms with van der Waals surface area (Å²) in [6.45, 7) is 3.57. The Morgan fingerprint density at radius 3 is 2.54 bits per heavy atom. The minimum Gasteiger partial charge on any atom is -0.396 e. The third-order valence-electron chi connectivity index (χ3n) is 2.94. The molecule has 1 aliphatic heterocycles. The predicted molar refractivity (Wildman–Crippen MR) is 50.5 cm³/mol. The molecule has 1 fully saturated rings. The van der Waals surface area contributed by atoms with Gasteiger partial charge in [-0.05, 0) is 38.5 Å². The van der Waals surface area contributed by atoms with Crippen molar-refractivity contribution in [2.45, 2.75) is 38.2 Å². The molecule has 2 N–H and O–H groups in total. The monoisotopic (exact) mass is 188 g/mol. The summed E-state index contributed by atoms with van der Waals surface area (Å²) in [6, 6.07) is 0. The second-order valence-corrected chi connectivity index (χ2v) is 4.07. The van der Waals surface area contributed by atoms with E-state index in [4.69, 9.17) is 9.84 Å². The highest BCUT2D eigenvalue weighted by Crippen LogP contribution is 2.30. The largest absolute Gasteiger partial charge is 0.396 e. The third kappa shape index (κ3) is 3.25. The Hall–Kier alpha value is -0.120. The second-order valence-electron chi connectivity index (χ2n) is 4.07. The molecule has 0 spiro atoms. The van der Waals surface area contributed by atoms with E-state index in [0.717, 1.165) is 26.1 Å². The van der Waals surface area contributed by atoms with Gasteiger partial charge in [-0.15, -0.1) is 0 Å². The lowest BCUT2D eigenvalue weighted by Crippen LogP contribution is -2.38. The van der Waals surface area contributed by atoms with Crippen molar-refractivity contribution in [3.8, 4) is 0 Å². The van der Waals surface area contributed by atoms with Crippen molar-refractivity contribution in [1.29, 1.82) is 0 Å². The number of hydrogen-bond donors (Lipinski definition) is 2. The van der Waals surface area contributed by atoms with Gasteiger partial charge in [0, 0.05) is 19.8 Å². The van der Waals surface area contributed by atoms with Crippen molar-refractivity contribution in [3.63, 3.8) is 0 Å². The minimum absolute atomic E-state index is 0.166. The first-order valence-corrected chi connectivity index (χ1v) is 5.08. The summed E-state index contributed by atoms with van der Waals surface area (Å²) < 4.78 is 5.24. The van der Waals surface area contributed by atoms with Crippen LogP contribution in [0.5, 0.6) is 0 Å². The molecule has 78 valence electrons. The minimum atomic E-state index is -0.619. The molecular formula is C10H20O3. The zero-order valence-corrected chi connectivity index (χ0v) is 8.33. The van der Waals surface area contributed by atoms with Crippen LogP contribution >= 0.6 is 0 Å². The molecule has 0 bridgehead atoms. The van der Waals surface area contributed by atoms with Gasteiger partial charge in [-0.2, -0.15) is 0 Å². The molecule has 1 atom stereocenters. The quantitative estimate of drug-likeness (QED) is 0.690. The number of aliphatic hydroxyl groups is 2. The number of ether oxygens (including phenoxy) is 1. The van der Waals surface area contributed by atoms with Crippen LogP contribution in [0, 0.1) is 5.92 Å². The van der Waals surface area contributed by atoms with Crippen LogP contribution in [-0.4, -0.2) is 35.6 Å². The average molecular weight is 188 g/mol. The Morgan fingerprint density at radius 2 is 2.00 bits per heavy atom. The molecule has 1 rings (SSSR count). The van der Waals surface area contributed by atoms with E-state index in [1.54, 1.807) is 0 Å². The van der Waals surface area contributed by atoms with Crippen LogP contribution in [0.2, 0.25) is 0 Å². The van der Waals surface area contributed by atoms with Gasteiger partial charge in [0.25, 0.3) is 0 Å². The summed E-state index contributed by atoms with van der Waals surface area (Å²) in [5.74, 6) is 0.341. The topological polar surface area (TPSA) is 49.7 Å². The van der Waals surface area contributed by atoms with Gasteiger partial charge in [-0.3, -0.25) is 0 Å². The highest BCUT2D eigenvalue weighted by Gasteiger charge is 2.32. The zero-order chi connectivity index (χ0) is 9.73. The van der Waals surface area contributed by atoms with E-state index in [1.807, 2.05) is 6.92 Å². The molecule has 1 heterocycles. The first-order valence-electron chi connectivity index (χ1n) is 5.08. The molecule has 0 aliphatic carbocycles. The van der Waals surface area contributed by atoms with Gasteiger partial charge in [-0.25, -0.2) is 0 Å². The summed E-state index contributed by atoms with van der Waals surface area (Å²) in [7, 11) is 0. The lowest BCUT2D eigenvalue weighted by molar-refractivity contribution is -0.0608. The normalized spacial score (nSPS) is 24.2. The lowest BCUT2D eigenvalue weighted by Gasteiger charge is -2.35. The molecule has 13 heavy (non-hydrogen) atoms. The van der Waals surface area contributed by atoms with E-state index >= 15 is 0 Å². The predicted octanol–water partition coefficient (Wildman–Crippen LogP) is 0.936. The Balaban J connectivity index is 2.36. The Morgan fingerprint density at radius 1 is 1.38 bits per heavy atom. The van der Waals surface area contributed by atoms with Crippen molar-refractivity contribution in [2.24, 2.45) is 5.92 Å². The van der Waals surface area contributed by atoms with Crippen molar-refractivity contribution in [3.05, 3.63) is 0 Å². The van der Waals surface area contributed by atoms with Crippen molar-refractivity contribution in [2.75, 3.05) is 19.8 Å². The van der Waals surface area contributed by atoms with E-state index in [9.17, 15) is 5.11 Å². The number of aliphatic hydroxyl groups excluding tert-OH is 1. The molecule has 0 amide bonds. The molecule has 3 heteroatoms. The summed E-state index contributed by atoms with van der Waals surface area (Å²) in [4.78, 5) is 0. The van der Waals surface area contributed by atoms with Gasteiger partial charge in [0.2, 0.25) is 0 Å². The van der Waals surface area contributed by atoms with Crippen molar-refractivity contribution in [1.82, 2.24) is 0 Å². The van der Waals surface area contributed by atoms with Gasteiger partial charge in [0.1, 0.15) is 0 Å². The first-order chi connectivity index (χ1) is 6.17. The van der Waals surface area contributed by atoms with Crippen LogP contribution in [0.4, 0.5) is 0 Å². The van der Waals surface area contributed by atoms with Crippen LogP contribution in [0.25, 0.3) is 0 Å². The number of rotatable bonds is 4. The van der Waals surface area contributed by atoms with E-state index in [0.29, 0.717) is 18.8 Å². The molecular weight excluding hydrogens is 168 g/mol. The van der Waals surface area contributed by atoms with E-state index in [2.05, 4.69) is 0 Å². The average Bonchev–Trinajstić information content (AvgIpc) is 2.16. The molecule has 0 aromatic rings. The maximum absolute atomic E-state index is 10.1. The fourth-order valence-electron chi connectivity index (χ4n) is 1.96. The lowest BCUT2D eigenvalue weighted by atomic mass is 9.80. The summed E-state index contributed by atoms with van der Waals surface area (Å²) >= 11 is 0. The molecule has 1 unspecified atom stereocenters. The SMILES string of the molecule is CC(O)(CCCO)C1CCOCC1. The summed E-state index contributed by atoms with van der Waals surface area (Å²) in [5, 5.41) is 18.8. The maximum atomic E-state index is 10.1. The van der Waals surface area contributed by atoms with E-state index in [-0.39, 0.29) is 6.61 Å². The van der Waals surface area contributed by atoms with Crippen molar-refractivity contribution < 1.29 is 14.9 Å². The fraction of sp³-hybridized carbons (Fsp3) is 1.00. The molecule has 3 nitrogen and oxygen atoms in total. The summed E-state index contributed by atoms with van der Waals surface area (Å²) in [6.07, 6.45) is 3.26. The van der Waals surface area contributed by atoms with Gasteiger partial charge >= 0.3 is 0 Å². The van der Waals surface area contributed by atoms with Crippen LogP contribution in [0.15, 0.2) is 0 Å². The zero-order valence-electron chi connectivity index (χ0n) is 8.33. The third-order valence-corrected chi connectivity index (χ3v) is 2.94. The van der Waals surface area contributed by atoms with Crippen LogP contribution in [0.1, 0.15) is 32.6 Å². The smallest absolute Gasteiger partial charge is 0.0650 e. The molecule has 0 aromatic heterocycles. The van der Waals surface area contributed by atoms with Gasteiger partial charge in [0.05, 0.1) is 5.60 Å². The second kappa shape index (κ2) is 4.94. The highest BCUT2D eigenvalue weighted by molar-refractivity contribution is 4.83. The van der Waals surface area contributed by atoms with Crippen molar-refractivity contribution >= 4 is 0 Å². The first kappa shape index (κ1) is 11.0.